The summed E-state index contributed by atoms with van der Waals surface area (Å²) < 4.78 is 0. The van der Waals surface area contributed by atoms with Crippen LogP contribution in [0.2, 0.25) is 0 Å². The van der Waals surface area contributed by atoms with Crippen LogP contribution in [0.4, 0.5) is 0 Å². The lowest BCUT2D eigenvalue weighted by molar-refractivity contribution is -0.138. The highest BCUT2D eigenvalue weighted by Crippen LogP contribution is 2.21. The molecule has 0 heterocycles. The number of primary amides is 1. The van der Waals surface area contributed by atoms with E-state index in [1.807, 2.05) is 30.3 Å². The van der Waals surface area contributed by atoms with Crippen molar-refractivity contribution < 1.29 is 14.7 Å². The Morgan fingerprint density at radius 3 is 2.29 bits per heavy atom. The van der Waals surface area contributed by atoms with Crippen LogP contribution in [-0.4, -0.2) is 23.0 Å². The summed E-state index contributed by atoms with van der Waals surface area (Å²) in [6.07, 6.45) is 0.275. The molecule has 5 heteroatoms. The first-order valence-electron chi connectivity index (χ1n) is 6.45. The first-order valence-corrected chi connectivity index (χ1v) is 6.45. The van der Waals surface area contributed by atoms with Crippen LogP contribution >= 0.6 is 0 Å². The van der Waals surface area contributed by atoms with E-state index < -0.39 is 17.9 Å². The third-order valence-electron chi connectivity index (χ3n) is 3.21. The zero-order chi connectivity index (χ0) is 15.4. The Morgan fingerprint density at radius 1 is 1.05 bits per heavy atom. The summed E-state index contributed by atoms with van der Waals surface area (Å²) in [6.45, 7) is 0. The Bertz CT molecular complexity index is 665. The second-order valence-corrected chi connectivity index (χ2v) is 4.79. The van der Waals surface area contributed by atoms with Crippen molar-refractivity contribution >= 4 is 11.9 Å². The molecule has 5 N–H and O–H groups in total. The molecule has 0 bridgehead atoms. The van der Waals surface area contributed by atoms with Crippen molar-refractivity contribution in [1.29, 1.82) is 0 Å². The van der Waals surface area contributed by atoms with E-state index in [0.717, 1.165) is 16.7 Å². The van der Waals surface area contributed by atoms with Crippen molar-refractivity contribution in [3.8, 4) is 11.1 Å². The minimum Gasteiger partial charge on any atom is -0.480 e. The van der Waals surface area contributed by atoms with Gasteiger partial charge in [0.15, 0.2) is 0 Å². The van der Waals surface area contributed by atoms with Gasteiger partial charge in [0, 0.05) is 5.56 Å². The maximum Gasteiger partial charge on any atom is 0.320 e. The maximum atomic E-state index is 11.2. The summed E-state index contributed by atoms with van der Waals surface area (Å²) >= 11 is 0. The minimum absolute atomic E-state index is 0.275. The lowest BCUT2D eigenvalue weighted by Crippen LogP contribution is -2.32. The lowest BCUT2D eigenvalue weighted by atomic mass is 9.99. The molecule has 0 aliphatic heterocycles. The standard InChI is InChI=1S/C16H16N2O3/c17-14(16(20)21)8-10-4-6-11(7-5-10)12-2-1-3-13(9-12)15(18)19/h1-7,9,14H,8,17H2,(H2,18,19)(H,20,21)/t14-/m1/s1. The molecule has 1 atom stereocenters. The highest BCUT2D eigenvalue weighted by molar-refractivity contribution is 5.94. The maximum absolute atomic E-state index is 11.2. The van der Waals surface area contributed by atoms with Gasteiger partial charge in [0.1, 0.15) is 6.04 Å². The third-order valence-corrected chi connectivity index (χ3v) is 3.21. The van der Waals surface area contributed by atoms with Crippen LogP contribution in [-0.2, 0) is 11.2 Å². The molecule has 0 aliphatic rings. The average Bonchev–Trinajstić information content (AvgIpc) is 2.48. The fraction of sp³-hybridized carbons (Fsp3) is 0.125. The van der Waals surface area contributed by atoms with Gasteiger partial charge in [-0.1, -0.05) is 36.4 Å². The summed E-state index contributed by atoms with van der Waals surface area (Å²) in [5, 5.41) is 8.79. The van der Waals surface area contributed by atoms with Crippen molar-refractivity contribution in [1.82, 2.24) is 0 Å². The van der Waals surface area contributed by atoms with Gasteiger partial charge in [-0.25, -0.2) is 0 Å². The zero-order valence-electron chi connectivity index (χ0n) is 11.3. The number of hydrogen-bond acceptors (Lipinski definition) is 3. The molecule has 2 rings (SSSR count). The van der Waals surface area contributed by atoms with Gasteiger partial charge in [0.2, 0.25) is 5.91 Å². The minimum atomic E-state index is -1.02. The molecule has 21 heavy (non-hydrogen) atoms. The molecule has 2 aromatic carbocycles. The number of benzene rings is 2. The number of carbonyl (C=O) groups excluding carboxylic acids is 1. The molecule has 5 nitrogen and oxygen atoms in total. The van der Waals surface area contributed by atoms with Gasteiger partial charge in [0.25, 0.3) is 0 Å². The van der Waals surface area contributed by atoms with Crippen molar-refractivity contribution in [3.05, 3.63) is 59.7 Å². The molecule has 108 valence electrons. The zero-order valence-corrected chi connectivity index (χ0v) is 11.3. The summed E-state index contributed by atoms with van der Waals surface area (Å²) in [7, 11) is 0. The summed E-state index contributed by atoms with van der Waals surface area (Å²) in [4.78, 5) is 21.9. The molecule has 0 unspecified atom stereocenters. The summed E-state index contributed by atoms with van der Waals surface area (Å²) in [5.41, 5.74) is 13.9. The van der Waals surface area contributed by atoms with Gasteiger partial charge in [-0.05, 0) is 35.2 Å². The predicted molar refractivity (Wildman–Crippen MR) is 79.7 cm³/mol. The SMILES string of the molecule is NC(=O)c1cccc(-c2ccc(C[C@@H](N)C(=O)O)cc2)c1. The molecule has 0 saturated carbocycles. The van der Waals surface area contributed by atoms with Crippen molar-refractivity contribution in [2.75, 3.05) is 0 Å². The first kappa shape index (κ1) is 14.7. The van der Waals surface area contributed by atoms with Gasteiger partial charge >= 0.3 is 5.97 Å². The first-order chi connectivity index (χ1) is 9.97. The third kappa shape index (κ3) is 3.67. The molecule has 0 spiro atoms. The van der Waals surface area contributed by atoms with Gasteiger partial charge < -0.3 is 16.6 Å². The number of carboxylic acid groups (broad SMARTS) is 1. The fourth-order valence-electron chi connectivity index (χ4n) is 2.03. The largest absolute Gasteiger partial charge is 0.480 e. The van der Waals surface area contributed by atoms with E-state index in [0.29, 0.717) is 5.56 Å². The van der Waals surface area contributed by atoms with Crippen LogP contribution < -0.4 is 11.5 Å². The van der Waals surface area contributed by atoms with Crippen LogP contribution in [0.15, 0.2) is 48.5 Å². The second kappa shape index (κ2) is 6.19. The Hall–Kier alpha value is -2.66. The monoisotopic (exact) mass is 284 g/mol. The van der Waals surface area contributed by atoms with E-state index in [1.165, 1.54) is 0 Å². The van der Waals surface area contributed by atoms with E-state index in [1.54, 1.807) is 18.2 Å². The topological polar surface area (TPSA) is 106 Å². The molecule has 2 aromatic rings. The number of amides is 1. The van der Waals surface area contributed by atoms with Crippen molar-refractivity contribution in [2.24, 2.45) is 11.5 Å². The van der Waals surface area contributed by atoms with Gasteiger partial charge in [0.05, 0.1) is 0 Å². The highest BCUT2D eigenvalue weighted by atomic mass is 16.4. The molecule has 0 radical (unpaired) electrons. The number of hydrogen-bond donors (Lipinski definition) is 3. The Labute approximate surface area is 122 Å². The summed E-state index contributed by atoms with van der Waals surface area (Å²) in [5.74, 6) is -1.49. The van der Waals surface area contributed by atoms with Crippen LogP contribution in [0.25, 0.3) is 11.1 Å². The highest BCUT2D eigenvalue weighted by Gasteiger charge is 2.12. The van der Waals surface area contributed by atoms with Crippen molar-refractivity contribution in [2.45, 2.75) is 12.5 Å². The normalized spacial score (nSPS) is 11.9. The Morgan fingerprint density at radius 2 is 1.71 bits per heavy atom. The van der Waals surface area contributed by atoms with E-state index in [9.17, 15) is 9.59 Å². The number of aliphatic carboxylic acids is 1. The number of rotatable bonds is 5. The number of nitrogens with two attached hydrogens (primary N) is 2. The van der Waals surface area contributed by atoms with Crippen molar-refractivity contribution in [3.63, 3.8) is 0 Å². The van der Waals surface area contributed by atoms with Gasteiger partial charge in [-0.2, -0.15) is 0 Å². The van der Waals surface area contributed by atoms with Crippen LogP contribution in [0.3, 0.4) is 0 Å². The number of carboxylic acids is 1. The van der Waals surface area contributed by atoms with Crippen LogP contribution in [0.5, 0.6) is 0 Å². The molecule has 0 aliphatic carbocycles. The smallest absolute Gasteiger partial charge is 0.320 e. The van der Waals surface area contributed by atoms with Crippen LogP contribution in [0, 0.1) is 0 Å². The van der Waals surface area contributed by atoms with Crippen LogP contribution in [0.1, 0.15) is 15.9 Å². The molecule has 0 fully saturated rings. The molecule has 0 saturated heterocycles. The van der Waals surface area contributed by atoms with Gasteiger partial charge in [-0.3, -0.25) is 9.59 Å². The Balaban J connectivity index is 2.21. The fourth-order valence-corrected chi connectivity index (χ4v) is 2.03. The Kier molecular flexibility index (Phi) is 4.35. The van der Waals surface area contributed by atoms with E-state index >= 15 is 0 Å². The molecule has 0 aromatic heterocycles. The summed E-state index contributed by atoms with van der Waals surface area (Å²) in [6, 6.07) is 13.5. The van der Waals surface area contributed by atoms with E-state index in [2.05, 4.69) is 0 Å². The van der Waals surface area contributed by atoms with E-state index in [4.69, 9.17) is 16.6 Å². The molecule has 1 amide bonds. The second-order valence-electron chi connectivity index (χ2n) is 4.79. The molecular formula is C16H16N2O3. The molecular weight excluding hydrogens is 268 g/mol. The quantitative estimate of drug-likeness (QED) is 0.771. The number of carbonyl (C=O) groups is 2. The van der Waals surface area contributed by atoms with E-state index in [-0.39, 0.29) is 6.42 Å². The lowest BCUT2D eigenvalue weighted by Gasteiger charge is -2.08. The predicted octanol–water partition coefficient (Wildman–Crippen LogP) is 1.41. The average molecular weight is 284 g/mol. The van der Waals surface area contributed by atoms with Gasteiger partial charge in [-0.15, -0.1) is 0 Å².